The number of fused-ring (bicyclic) bond motifs is 1. The lowest BCUT2D eigenvalue weighted by atomic mass is 10.0. The molecule has 158 valence electrons. The van der Waals surface area contributed by atoms with Gasteiger partial charge in [0, 0.05) is 39.6 Å². The summed E-state index contributed by atoms with van der Waals surface area (Å²) in [5.74, 6) is -0.348. The fourth-order valence-corrected chi connectivity index (χ4v) is 4.03. The van der Waals surface area contributed by atoms with E-state index in [9.17, 15) is 14.7 Å². The molecule has 2 N–H and O–H groups in total. The Balaban J connectivity index is 1.54. The number of nitrogens with zero attached hydrogens (tertiary/aromatic N) is 1. The fourth-order valence-electron chi connectivity index (χ4n) is 3.85. The SMILES string of the molecule is Cc1ccccc1C(=O)Nc1ccc(C(=O)N2CCC[C@H](O)c3cc(Cl)ccc32)cc1. The predicted molar refractivity (Wildman–Crippen MR) is 123 cm³/mol. The summed E-state index contributed by atoms with van der Waals surface area (Å²) < 4.78 is 0. The molecule has 0 fully saturated rings. The van der Waals surface area contributed by atoms with Gasteiger partial charge in [0.05, 0.1) is 6.10 Å². The summed E-state index contributed by atoms with van der Waals surface area (Å²) in [6.07, 6.45) is 0.607. The number of aliphatic hydroxyl groups excluding tert-OH is 1. The van der Waals surface area contributed by atoms with Crippen molar-refractivity contribution in [1.82, 2.24) is 0 Å². The van der Waals surface area contributed by atoms with Gasteiger partial charge in [-0.1, -0.05) is 29.8 Å². The van der Waals surface area contributed by atoms with E-state index in [1.165, 1.54) is 0 Å². The van der Waals surface area contributed by atoms with E-state index in [2.05, 4.69) is 5.32 Å². The maximum atomic E-state index is 13.2. The van der Waals surface area contributed by atoms with Crippen LogP contribution in [-0.2, 0) is 0 Å². The Labute approximate surface area is 186 Å². The van der Waals surface area contributed by atoms with Crippen LogP contribution in [0.2, 0.25) is 5.02 Å². The molecule has 31 heavy (non-hydrogen) atoms. The van der Waals surface area contributed by atoms with Gasteiger partial charge in [0.1, 0.15) is 0 Å². The molecule has 1 aliphatic rings. The number of aryl methyl sites for hydroxylation is 1. The van der Waals surface area contributed by atoms with E-state index >= 15 is 0 Å². The van der Waals surface area contributed by atoms with Crippen LogP contribution in [0.3, 0.4) is 0 Å². The number of carbonyl (C=O) groups is 2. The molecule has 1 atom stereocenters. The molecule has 0 spiro atoms. The van der Waals surface area contributed by atoms with Gasteiger partial charge in [-0.3, -0.25) is 9.59 Å². The number of anilines is 2. The normalized spacial score (nSPS) is 15.7. The maximum absolute atomic E-state index is 13.2. The van der Waals surface area contributed by atoms with Crippen LogP contribution in [0.25, 0.3) is 0 Å². The quantitative estimate of drug-likeness (QED) is 0.581. The highest BCUT2D eigenvalue weighted by Gasteiger charge is 2.26. The smallest absolute Gasteiger partial charge is 0.258 e. The molecule has 1 aliphatic heterocycles. The topological polar surface area (TPSA) is 69.6 Å². The number of nitrogens with one attached hydrogen (secondary N) is 1. The Morgan fingerprint density at radius 3 is 2.55 bits per heavy atom. The monoisotopic (exact) mass is 434 g/mol. The highest BCUT2D eigenvalue weighted by atomic mass is 35.5. The van der Waals surface area contributed by atoms with Crippen molar-refractivity contribution in [1.29, 1.82) is 0 Å². The van der Waals surface area contributed by atoms with Gasteiger partial charge < -0.3 is 15.3 Å². The summed E-state index contributed by atoms with van der Waals surface area (Å²) in [4.78, 5) is 27.4. The van der Waals surface area contributed by atoms with Gasteiger partial charge in [-0.15, -0.1) is 0 Å². The van der Waals surface area contributed by atoms with Crippen LogP contribution < -0.4 is 10.2 Å². The second kappa shape index (κ2) is 8.92. The van der Waals surface area contributed by atoms with Crippen molar-refractivity contribution in [2.45, 2.75) is 25.9 Å². The van der Waals surface area contributed by atoms with Gasteiger partial charge in [0.25, 0.3) is 11.8 Å². The molecular weight excluding hydrogens is 412 g/mol. The largest absolute Gasteiger partial charge is 0.388 e. The molecule has 2 amide bonds. The molecule has 0 saturated carbocycles. The molecule has 4 rings (SSSR count). The molecule has 0 aromatic heterocycles. The van der Waals surface area contributed by atoms with Crippen LogP contribution in [0.4, 0.5) is 11.4 Å². The van der Waals surface area contributed by atoms with Crippen molar-refractivity contribution in [2.24, 2.45) is 0 Å². The van der Waals surface area contributed by atoms with E-state index in [-0.39, 0.29) is 11.8 Å². The Bertz CT molecular complexity index is 1130. The number of hydrogen-bond donors (Lipinski definition) is 2. The Morgan fingerprint density at radius 1 is 1.06 bits per heavy atom. The predicted octanol–water partition coefficient (Wildman–Crippen LogP) is 5.37. The maximum Gasteiger partial charge on any atom is 0.258 e. The van der Waals surface area contributed by atoms with E-state index in [4.69, 9.17) is 11.6 Å². The molecule has 1 heterocycles. The minimum absolute atomic E-state index is 0.158. The molecule has 5 nitrogen and oxygen atoms in total. The molecule has 0 aliphatic carbocycles. The number of rotatable bonds is 3. The van der Waals surface area contributed by atoms with E-state index in [0.29, 0.717) is 52.5 Å². The zero-order valence-electron chi connectivity index (χ0n) is 17.1. The zero-order chi connectivity index (χ0) is 22.0. The Hall–Kier alpha value is -3.15. The van der Waals surface area contributed by atoms with Gasteiger partial charge in [-0.2, -0.15) is 0 Å². The van der Waals surface area contributed by atoms with E-state index in [0.717, 1.165) is 5.56 Å². The Kier molecular flexibility index (Phi) is 6.07. The van der Waals surface area contributed by atoms with Crippen LogP contribution in [0.5, 0.6) is 0 Å². The molecule has 0 saturated heterocycles. The first-order chi connectivity index (χ1) is 14.9. The zero-order valence-corrected chi connectivity index (χ0v) is 17.9. The van der Waals surface area contributed by atoms with E-state index in [1.807, 2.05) is 25.1 Å². The number of hydrogen-bond acceptors (Lipinski definition) is 3. The first kappa shape index (κ1) is 21.1. The summed E-state index contributed by atoms with van der Waals surface area (Å²) in [5, 5.41) is 13.8. The molecule has 0 bridgehead atoms. The Morgan fingerprint density at radius 2 is 1.81 bits per heavy atom. The summed E-state index contributed by atoms with van der Waals surface area (Å²) in [7, 11) is 0. The van der Waals surface area contributed by atoms with E-state index in [1.54, 1.807) is 53.4 Å². The number of halogens is 1. The molecule has 0 unspecified atom stereocenters. The molecule has 3 aromatic carbocycles. The highest BCUT2D eigenvalue weighted by Crippen LogP contribution is 2.35. The van der Waals surface area contributed by atoms with Gasteiger partial charge in [0.15, 0.2) is 0 Å². The number of aliphatic hydroxyl groups is 1. The molecule has 0 radical (unpaired) electrons. The van der Waals surface area contributed by atoms with Crippen LogP contribution in [0.15, 0.2) is 66.7 Å². The highest BCUT2D eigenvalue weighted by molar-refractivity contribution is 6.30. The molecule has 3 aromatic rings. The summed E-state index contributed by atoms with van der Waals surface area (Å²) >= 11 is 6.10. The lowest BCUT2D eigenvalue weighted by Gasteiger charge is -2.23. The standard InChI is InChI=1S/C25H23ClN2O3/c1-16-5-2-3-6-20(16)24(30)27-19-11-8-17(9-12-19)25(31)28-14-4-7-23(29)21-15-18(26)10-13-22(21)28/h2-3,5-6,8-13,15,23,29H,4,7,14H2,1H3,(H,27,30)/t23-/m0/s1. The minimum Gasteiger partial charge on any atom is -0.388 e. The summed E-state index contributed by atoms with van der Waals surface area (Å²) in [6, 6.07) is 19.4. The average Bonchev–Trinajstić information content (AvgIpc) is 2.92. The van der Waals surface area contributed by atoms with Crippen molar-refractivity contribution in [3.8, 4) is 0 Å². The molecular formula is C25H23ClN2O3. The number of carbonyl (C=O) groups excluding carboxylic acids is 2. The van der Waals surface area contributed by atoms with Crippen LogP contribution in [-0.4, -0.2) is 23.5 Å². The van der Waals surface area contributed by atoms with Crippen LogP contribution in [0, 0.1) is 6.92 Å². The van der Waals surface area contributed by atoms with E-state index < -0.39 is 6.10 Å². The van der Waals surface area contributed by atoms with Crippen molar-refractivity contribution in [3.63, 3.8) is 0 Å². The second-order valence-electron chi connectivity index (χ2n) is 7.66. The number of amides is 2. The first-order valence-corrected chi connectivity index (χ1v) is 10.6. The minimum atomic E-state index is -0.648. The van der Waals surface area contributed by atoms with Gasteiger partial charge in [-0.05, 0) is 73.9 Å². The van der Waals surface area contributed by atoms with Crippen molar-refractivity contribution < 1.29 is 14.7 Å². The third kappa shape index (κ3) is 4.48. The summed E-state index contributed by atoms with van der Waals surface area (Å²) in [5.41, 5.74) is 3.97. The van der Waals surface area contributed by atoms with Gasteiger partial charge in [0.2, 0.25) is 0 Å². The second-order valence-corrected chi connectivity index (χ2v) is 8.10. The van der Waals surface area contributed by atoms with Gasteiger partial charge in [-0.25, -0.2) is 0 Å². The third-order valence-electron chi connectivity index (χ3n) is 5.52. The van der Waals surface area contributed by atoms with Crippen molar-refractivity contribution >= 4 is 34.8 Å². The molecule has 6 heteroatoms. The third-order valence-corrected chi connectivity index (χ3v) is 5.76. The summed E-state index contributed by atoms with van der Waals surface area (Å²) in [6.45, 7) is 2.40. The van der Waals surface area contributed by atoms with Crippen LogP contribution >= 0.6 is 11.6 Å². The average molecular weight is 435 g/mol. The number of benzene rings is 3. The lowest BCUT2D eigenvalue weighted by Crippen LogP contribution is -2.31. The fraction of sp³-hybridized carbons (Fsp3) is 0.200. The lowest BCUT2D eigenvalue weighted by molar-refractivity contribution is 0.0985. The van der Waals surface area contributed by atoms with Gasteiger partial charge >= 0.3 is 0 Å². The first-order valence-electron chi connectivity index (χ1n) is 10.2. The van der Waals surface area contributed by atoms with Crippen molar-refractivity contribution in [2.75, 3.05) is 16.8 Å². The van der Waals surface area contributed by atoms with Crippen LogP contribution in [0.1, 0.15) is 50.8 Å². The van der Waals surface area contributed by atoms with Crippen molar-refractivity contribution in [3.05, 3.63) is 94.0 Å².